The molecule has 6 heteroatoms. The number of primary amides is 1. The van der Waals surface area contributed by atoms with Crippen LogP contribution in [-0.2, 0) is 4.74 Å². The summed E-state index contributed by atoms with van der Waals surface area (Å²) in [5, 5.41) is 7.71. The second-order valence-corrected chi connectivity index (χ2v) is 3.23. The van der Waals surface area contributed by atoms with Gasteiger partial charge in [-0.2, -0.15) is 5.10 Å². The quantitative estimate of drug-likeness (QED) is 0.702. The average Bonchev–Trinajstić information content (AvgIpc) is 2.30. The van der Waals surface area contributed by atoms with Crippen molar-refractivity contribution in [3.05, 3.63) is 17.8 Å². The summed E-state index contributed by atoms with van der Waals surface area (Å²) in [4.78, 5) is 13.1. The maximum atomic E-state index is 11.2. The molecule has 0 aliphatic carbocycles. The highest BCUT2D eigenvalue weighted by molar-refractivity contribution is 5.97. The van der Waals surface area contributed by atoms with E-state index < -0.39 is 5.91 Å². The van der Waals surface area contributed by atoms with Crippen LogP contribution in [0.15, 0.2) is 12.3 Å². The van der Waals surface area contributed by atoms with Crippen LogP contribution in [-0.4, -0.2) is 42.4 Å². The van der Waals surface area contributed by atoms with Crippen LogP contribution >= 0.6 is 0 Å². The lowest BCUT2D eigenvalue weighted by Gasteiger charge is -2.28. The number of morpholine rings is 1. The first-order chi connectivity index (χ1) is 7.29. The Hall–Kier alpha value is -1.69. The Morgan fingerprint density at radius 1 is 1.47 bits per heavy atom. The van der Waals surface area contributed by atoms with Gasteiger partial charge in [0.2, 0.25) is 0 Å². The molecular formula is C9H12N4O2. The third-order valence-corrected chi connectivity index (χ3v) is 2.28. The summed E-state index contributed by atoms with van der Waals surface area (Å²) >= 11 is 0. The number of hydrogen-bond donors (Lipinski definition) is 1. The zero-order valence-electron chi connectivity index (χ0n) is 8.22. The van der Waals surface area contributed by atoms with Gasteiger partial charge in [0.1, 0.15) is 0 Å². The van der Waals surface area contributed by atoms with Gasteiger partial charge in [0.15, 0.2) is 5.82 Å². The fraction of sp³-hybridized carbons (Fsp3) is 0.444. The zero-order valence-corrected chi connectivity index (χ0v) is 8.22. The molecular weight excluding hydrogens is 196 g/mol. The van der Waals surface area contributed by atoms with Gasteiger partial charge in [0.05, 0.1) is 25.0 Å². The molecule has 0 aromatic carbocycles. The Morgan fingerprint density at radius 2 is 2.20 bits per heavy atom. The second kappa shape index (κ2) is 4.22. The van der Waals surface area contributed by atoms with Gasteiger partial charge in [-0.1, -0.05) is 0 Å². The summed E-state index contributed by atoms with van der Waals surface area (Å²) < 4.78 is 5.22. The lowest BCUT2D eigenvalue weighted by Crippen LogP contribution is -2.38. The van der Waals surface area contributed by atoms with E-state index in [1.807, 2.05) is 4.90 Å². The third kappa shape index (κ3) is 2.04. The van der Waals surface area contributed by atoms with Crippen LogP contribution in [0.3, 0.4) is 0 Å². The number of nitrogens with two attached hydrogens (primary N) is 1. The SMILES string of the molecule is NC(=O)c1ccnnc1N1CCOCC1. The van der Waals surface area contributed by atoms with E-state index in [1.54, 1.807) is 6.07 Å². The number of carbonyl (C=O) groups is 1. The van der Waals surface area contributed by atoms with Gasteiger partial charge < -0.3 is 15.4 Å². The monoisotopic (exact) mass is 208 g/mol. The van der Waals surface area contributed by atoms with Crippen LogP contribution in [0.2, 0.25) is 0 Å². The minimum atomic E-state index is -0.480. The molecule has 1 fully saturated rings. The molecule has 0 atom stereocenters. The fourth-order valence-electron chi connectivity index (χ4n) is 1.53. The van der Waals surface area contributed by atoms with Crippen LogP contribution < -0.4 is 10.6 Å². The van der Waals surface area contributed by atoms with Crippen molar-refractivity contribution >= 4 is 11.7 Å². The summed E-state index contributed by atoms with van der Waals surface area (Å²) in [5.74, 6) is 0.0692. The number of nitrogens with zero attached hydrogens (tertiary/aromatic N) is 3. The molecule has 1 aromatic rings. The van der Waals surface area contributed by atoms with Crippen molar-refractivity contribution in [2.24, 2.45) is 5.73 Å². The van der Waals surface area contributed by atoms with Crippen LogP contribution in [0.4, 0.5) is 5.82 Å². The van der Waals surface area contributed by atoms with Crippen LogP contribution in [0.25, 0.3) is 0 Å². The minimum absolute atomic E-state index is 0.409. The number of ether oxygens (including phenoxy) is 1. The molecule has 0 spiro atoms. The van der Waals surface area contributed by atoms with Gasteiger partial charge in [0.25, 0.3) is 5.91 Å². The van der Waals surface area contributed by atoms with Crippen molar-refractivity contribution in [1.82, 2.24) is 10.2 Å². The smallest absolute Gasteiger partial charge is 0.252 e. The maximum absolute atomic E-state index is 11.2. The molecule has 2 rings (SSSR count). The second-order valence-electron chi connectivity index (χ2n) is 3.23. The van der Waals surface area contributed by atoms with E-state index in [2.05, 4.69) is 10.2 Å². The Balaban J connectivity index is 2.29. The van der Waals surface area contributed by atoms with Crippen LogP contribution in [0.1, 0.15) is 10.4 Å². The van der Waals surface area contributed by atoms with E-state index >= 15 is 0 Å². The summed E-state index contributed by atoms with van der Waals surface area (Å²) in [6, 6.07) is 1.58. The van der Waals surface area contributed by atoms with Gasteiger partial charge >= 0.3 is 0 Å². The lowest BCUT2D eigenvalue weighted by molar-refractivity contribution is 0.0997. The molecule has 2 N–H and O–H groups in total. The first-order valence-corrected chi connectivity index (χ1v) is 4.73. The Kier molecular flexibility index (Phi) is 2.77. The first kappa shape index (κ1) is 9.85. The summed E-state index contributed by atoms with van der Waals surface area (Å²) in [7, 11) is 0. The molecule has 80 valence electrons. The number of anilines is 1. The molecule has 6 nitrogen and oxygen atoms in total. The van der Waals surface area contributed by atoms with Gasteiger partial charge in [-0.05, 0) is 6.07 Å². The number of rotatable bonds is 2. The molecule has 0 saturated carbocycles. The number of hydrogen-bond acceptors (Lipinski definition) is 5. The van der Waals surface area contributed by atoms with Crippen LogP contribution in [0.5, 0.6) is 0 Å². The van der Waals surface area contributed by atoms with E-state index in [9.17, 15) is 4.79 Å². The lowest BCUT2D eigenvalue weighted by atomic mass is 10.2. The van der Waals surface area contributed by atoms with E-state index in [0.29, 0.717) is 37.7 Å². The van der Waals surface area contributed by atoms with Crippen LogP contribution in [0, 0.1) is 0 Å². The predicted molar refractivity (Wildman–Crippen MR) is 53.6 cm³/mol. The molecule has 15 heavy (non-hydrogen) atoms. The molecule has 2 heterocycles. The highest BCUT2D eigenvalue weighted by atomic mass is 16.5. The van der Waals surface area contributed by atoms with Crippen molar-refractivity contribution in [3.8, 4) is 0 Å². The van der Waals surface area contributed by atoms with Crippen molar-refractivity contribution in [2.75, 3.05) is 31.2 Å². The highest BCUT2D eigenvalue weighted by Crippen LogP contribution is 2.16. The summed E-state index contributed by atoms with van der Waals surface area (Å²) in [5.41, 5.74) is 5.67. The molecule has 1 saturated heterocycles. The number of carbonyl (C=O) groups excluding carboxylic acids is 1. The van der Waals surface area contributed by atoms with E-state index in [0.717, 1.165) is 0 Å². The zero-order chi connectivity index (χ0) is 10.7. The normalized spacial score (nSPS) is 16.4. The molecule has 0 radical (unpaired) electrons. The minimum Gasteiger partial charge on any atom is -0.378 e. The van der Waals surface area contributed by atoms with Crippen molar-refractivity contribution in [2.45, 2.75) is 0 Å². The van der Waals surface area contributed by atoms with E-state index in [1.165, 1.54) is 6.20 Å². The van der Waals surface area contributed by atoms with E-state index in [-0.39, 0.29) is 0 Å². The van der Waals surface area contributed by atoms with Gasteiger partial charge in [-0.25, -0.2) is 0 Å². The molecule has 0 bridgehead atoms. The predicted octanol–water partition coefficient (Wildman–Crippen LogP) is -0.588. The van der Waals surface area contributed by atoms with Crippen molar-refractivity contribution in [1.29, 1.82) is 0 Å². The molecule has 1 aromatic heterocycles. The third-order valence-electron chi connectivity index (χ3n) is 2.28. The summed E-state index contributed by atoms with van der Waals surface area (Å²) in [6.45, 7) is 2.68. The first-order valence-electron chi connectivity index (χ1n) is 4.73. The topological polar surface area (TPSA) is 81.3 Å². The summed E-state index contributed by atoms with van der Waals surface area (Å²) in [6.07, 6.45) is 1.46. The molecule has 1 aliphatic heterocycles. The standard InChI is InChI=1S/C9H12N4O2/c10-8(14)7-1-2-11-12-9(7)13-3-5-15-6-4-13/h1-2H,3-6H2,(H2,10,14). The van der Waals surface area contributed by atoms with E-state index in [4.69, 9.17) is 10.5 Å². The number of aromatic nitrogens is 2. The maximum Gasteiger partial charge on any atom is 0.252 e. The van der Waals surface area contributed by atoms with Crippen molar-refractivity contribution in [3.63, 3.8) is 0 Å². The van der Waals surface area contributed by atoms with Crippen molar-refractivity contribution < 1.29 is 9.53 Å². The van der Waals surface area contributed by atoms with Gasteiger partial charge in [-0.3, -0.25) is 4.79 Å². The number of amides is 1. The average molecular weight is 208 g/mol. The molecule has 1 aliphatic rings. The Morgan fingerprint density at radius 3 is 2.87 bits per heavy atom. The van der Waals surface area contributed by atoms with Gasteiger partial charge in [0, 0.05) is 13.1 Å². The fourth-order valence-corrected chi connectivity index (χ4v) is 1.53. The molecule has 0 unspecified atom stereocenters. The largest absolute Gasteiger partial charge is 0.378 e. The highest BCUT2D eigenvalue weighted by Gasteiger charge is 2.18. The molecule has 1 amide bonds. The Labute approximate surface area is 87.0 Å². The Bertz CT molecular complexity index is 363. The van der Waals surface area contributed by atoms with Gasteiger partial charge in [-0.15, -0.1) is 5.10 Å².